The van der Waals surface area contributed by atoms with Crippen LogP contribution in [0.1, 0.15) is 18.4 Å². The van der Waals surface area contributed by atoms with Crippen molar-refractivity contribution >= 4 is 11.7 Å². The Morgan fingerprint density at radius 1 is 1.10 bits per heavy atom. The lowest BCUT2D eigenvalue weighted by Gasteiger charge is -2.40. The summed E-state index contributed by atoms with van der Waals surface area (Å²) in [5.74, 6) is 0.482. The van der Waals surface area contributed by atoms with Crippen LogP contribution in [0, 0.1) is 6.92 Å². The minimum atomic E-state index is -1.03. The zero-order valence-corrected chi connectivity index (χ0v) is 17.6. The Hall–Kier alpha value is -3.61. The minimum Gasteiger partial charge on any atom is -0.507 e. The van der Waals surface area contributed by atoms with Gasteiger partial charge in [-0.1, -0.05) is 30.3 Å². The maximum Gasteiger partial charge on any atom is 0.350 e. The van der Waals surface area contributed by atoms with Crippen LogP contribution in [0.15, 0.2) is 60.8 Å². The van der Waals surface area contributed by atoms with Crippen molar-refractivity contribution in [2.75, 3.05) is 25.1 Å². The maximum absolute atomic E-state index is 12.7. The summed E-state index contributed by atoms with van der Waals surface area (Å²) in [7, 11) is 1.39. The highest BCUT2D eigenvalue weighted by atomic mass is 16.6. The molecule has 160 valence electrons. The molecule has 0 atom stereocenters. The van der Waals surface area contributed by atoms with Gasteiger partial charge in [0.2, 0.25) is 5.60 Å². The van der Waals surface area contributed by atoms with E-state index in [1.807, 2.05) is 43.3 Å². The molecule has 1 fully saturated rings. The van der Waals surface area contributed by atoms with E-state index in [1.54, 1.807) is 24.4 Å². The molecule has 7 heteroatoms. The smallest absolute Gasteiger partial charge is 0.350 e. The van der Waals surface area contributed by atoms with Gasteiger partial charge in [0.25, 0.3) is 0 Å². The molecule has 0 amide bonds. The third-order valence-electron chi connectivity index (χ3n) is 5.71. The molecule has 1 aliphatic rings. The number of aromatic hydroxyl groups is 1. The molecule has 1 aliphatic heterocycles. The van der Waals surface area contributed by atoms with E-state index in [0.29, 0.717) is 42.9 Å². The summed E-state index contributed by atoms with van der Waals surface area (Å²) in [5.41, 5.74) is 2.04. The Bertz CT molecular complexity index is 1080. The summed E-state index contributed by atoms with van der Waals surface area (Å²) in [6, 6.07) is 16.6. The number of hydrogen-bond donors (Lipinski definition) is 1. The number of para-hydroxylation sites is 2. The van der Waals surface area contributed by atoms with Gasteiger partial charge in [-0.2, -0.15) is 10.2 Å². The molecular formula is C24H25N3O4. The van der Waals surface area contributed by atoms with Gasteiger partial charge in [-0.3, -0.25) is 0 Å². The monoisotopic (exact) mass is 419 g/mol. The second-order valence-electron chi connectivity index (χ2n) is 7.66. The van der Waals surface area contributed by atoms with Gasteiger partial charge in [0, 0.05) is 31.5 Å². The predicted molar refractivity (Wildman–Crippen MR) is 117 cm³/mol. The molecule has 0 bridgehead atoms. The molecule has 4 rings (SSSR count). The third kappa shape index (κ3) is 4.17. The quantitative estimate of drug-likeness (QED) is 0.631. The summed E-state index contributed by atoms with van der Waals surface area (Å²) in [4.78, 5) is 14.8. The van der Waals surface area contributed by atoms with Gasteiger partial charge in [-0.25, -0.2) is 4.79 Å². The molecule has 3 aromatic rings. The number of carbonyl (C=O) groups excluding carboxylic acids is 1. The van der Waals surface area contributed by atoms with E-state index in [1.165, 1.54) is 7.11 Å². The van der Waals surface area contributed by atoms with Gasteiger partial charge in [0.05, 0.1) is 24.7 Å². The van der Waals surface area contributed by atoms with E-state index < -0.39 is 5.60 Å². The summed E-state index contributed by atoms with van der Waals surface area (Å²) in [6.45, 7) is 3.14. The molecule has 0 radical (unpaired) electrons. The first-order chi connectivity index (χ1) is 15.0. The van der Waals surface area contributed by atoms with E-state index in [2.05, 4.69) is 15.1 Å². The van der Waals surface area contributed by atoms with Gasteiger partial charge < -0.3 is 19.5 Å². The number of piperidine rings is 1. The van der Waals surface area contributed by atoms with Crippen LogP contribution in [0.25, 0.3) is 11.3 Å². The second kappa shape index (κ2) is 8.63. The normalized spacial score (nSPS) is 15.4. The number of carbonyl (C=O) groups is 1. The molecular weight excluding hydrogens is 394 g/mol. The number of methoxy groups -OCH3 is 1. The lowest BCUT2D eigenvalue weighted by atomic mass is 9.90. The number of anilines is 1. The standard InChI is InChI=1S/C24H25N3O4/c1-17-7-3-6-10-22(17)31-24(23(29)30-2)11-13-27(14-12-24)18-15-20(26-25-16-18)19-8-4-5-9-21(19)28/h3-10,15-16,28H,11-14H2,1-2H3. The molecule has 7 nitrogen and oxygen atoms in total. The lowest BCUT2D eigenvalue weighted by molar-refractivity contribution is -0.161. The fourth-order valence-electron chi connectivity index (χ4n) is 3.89. The number of aromatic nitrogens is 2. The number of phenols is 1. The number of benzene rings is 2. The zero-order valence-electron chi connectivity index (χ0n) is 17.6. The summed E-state index contributed by atoms with van der Waals surface area (Å²) < 4.78 is 11.4. The zero-order chi connectivity index (χ0) is 21.8. The number of hydrogen-bond acceptors (Lipinski definition) is 7. The first-order valence-corrected chi connectivity index (χ1v) is 10.2. The van der Waals surface area contributed by atoms with Crippen molar-refractivity contribution in [2.24, 2.45) is 0 Å². The van der Waals surface area contributed by atoms with Crippen LogP contribution in [-0.2, 0) is 9.53 Å². The van der Waals surface area contributed by atoms with Gasteiger partial charge in [-0.15, -0.1) is 0 Å². The molecule has 2 heterocycles. The SMILES string of the molecule is COC(=O)C1(Oc2ccccc2C)CCN(c2cnnc(-c3ccccc3O)c2)CC1. The number of esters is 1. The molecule has 0 unspecified atom stereocenters. The summed E-state index contributed by atoms with van der Waals surface area (Å²) >= 11 is 0. The molecule has 0 aliphatic carbocycles. The van der Waals surface area contributed by atoms with Crippen molar-refractivity contribution in [3.05, 3.63) is 66.4 Å². The highest BCUT2D eigenvalue weighted by Gasteiger charge is 2.45. The molecule has 2 aromatic carbocycles. The largest absolute Gasteiger partial charge is 0.507 e. The van der Waals surface area contributed by atoms with Crippen molar-refractivity contribution in [3.63, 3.8) is 0 Å². The van der Waals surface area contributed by atoms with Gasteiger partial charge in [0.1, 0.15) is 11.5 Å². The summed E-state index contributed by atoms with van der Waals surface area (Å²) in [5, 5.41) is 18.4. The van der Waals surface area contributed by atoms with Crippen molar-refractivity contribution in [1.82, 2.24) is 10.2 Å². The van der Waals surface area contributed by atoms with Crippen LogP contribution in [0.4, 0.5) is 5.69 Å². The minimum absolute atomic E-state index is 0.156. The molecule has 0 spiro atoms. The molecule has 31 heavy (non-hydrogen) atoms. The molecule has 1 N–H and O–H groups in total. The Kier molecular flexibility index (Phi) is 5.75. The van der Waals surface area contributed by atoms with E-state index in [4.69, 9.17) is 9.47 Å². The Labute approximate surface area is 181 Å². The van der Waals surface area contributed by atoms with E-state index in [0.717, 1.165) is 11.3 Å². The lowest BCUT2D eigenvalue weighted by Crippen LogP contribution is -2.54. The Balaban J connectivity index is 1.55. The highest BCUT2D eigenvalue weighted by molar-refractivity contribution is 5.80. The number of rotatable bonds is 5. The van der Waals surface area contributed by atoms with Crippen LogP contribution < -0.4 is 9.64 Å². The molecule has 1 saturated heterocycles. The number of nitrogens with zero attached hydrogens (tertiary/aromatic N) is 3. The predicted octanol–water partition coefficient (Wildman–Crippen LogP) is 3.75. The number of phenolic OH excluding ortho intramolecular Hbond substituents is 1. The first-order valence-electron chi connectivity index (χ1n) is 10.2. The van der Waals surface area contributed by atoms with Crippen molar-refractivity contribution in [2.45, 2.75) is 25.4 Å². The topological polar surface area (TPSA) is 84.8 Å². The Morgan fingerprint density at radius 2 is 1.81 bits per heavy atom. The number of ether oxygens (including phenoxy) is 2. The fraction of sp³-hybridized carbons (Fsp3) is 0.292. The van der Waals surface area contributed by atoms with Crippen molar-refractivity contribution in [1.29, 1.82) is 0 Å². The summed E-state index contributed by atoms with van der Waals surface area (Å²) in [6.07, 6.45) is 2.64. The van der Waals surface area contributed by atoms with Gasteiger partial charge in [0.15, 0.2) is 0 Å². The average molecular weight is 419 g/mol. The van der Waals surface area contributed by atoms with Crippen molar-refractivity contribution < 1.29 is 19.4 Å². The van der Waals surface area contributed by atoms with Crippen molar-refractivity contribution in [3.8, 4) is 22.8 Å². The van der Waals surface area contributed by atoms with E-state index in [-0.39, 0.29) is 11.7 Å². The van der Waals surface area contributed by atoms with Crippen LogP contribution in [-0.4, -0.2) is 47.1 Å². The average Bonchev–Trinajstić information content (AvgIpc) is 2.81. The molecule has 0 saturated carbocycles. The first kappa shape index (κ1) is 20.7. The van der Waals surface area contributed by atoms with E-state index >= 15 is 0 Å². The van der Waals surface area contributed by atoms with Crippen LogP contribution in [0.2, 0.25) is 0 Å². The van der Waals surface area contributed by atoms with Crippen LogP contribution in [0.5, 0.6) is 11.5 Å². The number of aryl methyl sites for hydroxylation is 1. The van der Waals surface area contributed by atoms with Crippen LogP contribution in [0.3, 0.4) is 0 Å². The maximum atomic E-state index is 12.7. The fourth-order valence-corrected chi connectivity index (χ4v) is 3.89. The molecule has 1 aromatic heterocycles. The third-order valence-corrected chi connectivity index (χ3v) is 5.71. The van der Waals surface area contributed by atoms with Gasteiger partial charge in [-0.05, 0) is 36.8 Å². The second-order valence-corrected chi connectivity index (χ2v) is 7.66. The van der Waals surface area contributed by atoms with Crippen LogP contribution >= 0.6 is 0 Å². The highest BCUT2D eigenvalue weighted by Crippen LogP contribution is 2.34. The van der Waals surface area contributed by atoms with Gasteiger partial charge >= 0.3 is 5.97 Å². The Morgan fingerprint density at radius 3 is 2.52 bits per heavy atom. The van der Waals surface area contributed by atoms with E-state index in [9.17, 15) is 9.90 Å².